The Bertz CT molecular complexity index is 893. The van der Waals surface area contributed by atoms with Gasteiger partial charge in [-0.1, -0.05) is 6.92 Å². The number of allylic oxidation sites excluding steroid dienone is 1. The molecule has 0 aliphatic carbocycles. The van der Waals surface area contributed by atoms with E-state index in [9.17, 15) is 9.59 Å². The van der Waals surface area contributed by atoms with Gasteiger partial charge in [0.2, 0.25) is 0 Å². The molecule has 0 aliphatic heterocycles. The minimum Gasteiger partial charge on any atom is -0.497 e. The molecule has 0 bridgehead atoms. The zero-order valence-electron chi connectivity index (χ0n) is 16.9. The van der Waals surface area contributed by atoms with E-state index in [0.29, 0.717) is 41.2 Å². The third-order valence-corrected chi connectivity index (χ3v) is 4.03. The van der Waals surface area contributed by atoms with E-state index in [-0.39, 0.29) is 11.4 Å². The predicted octanol–water partition coefficient (Wildman–Crippen LogP) is 2.56. The lowest BCUT2D eigenvalue weighted by molar-refractivity contribution is -0.118. The summed E-state index contributed by atoms with van der Waals surface area (Å²) in [6, 6.07) is 5.16. The van der Waals surface area contributed by atoms with Gasteiger partial charge in [-0.05, 0) is 36.3 Å². The number of nitrogens with zero attached hydrogens (tertiary/aromatic N) is 1. The van der Waals surface area contributed by atoms with Crippen LogP contribution in [0.25, 0.3) is 12.2 Å². The van der Waals surface area contributed by atoms with Crippen LogP contribution in [0, 0.1) is 0 Å². The molecule has 2 rings (SSSR count). The number of amides is 1. The van der Waals surface area contributed by atoms with Crippen LogP contribution in [0.3, 0.4) is 0 Å². The van der Waals surface area contributed by atoms with E-state index in [4.69, 9.17) is 13.9 Å². The summed E-state index contributed by atoms with van der Waals surface area (Å²) >= 11 is 0. The number of rotatable bonds is 10. The molecule has 0 fully saturated rings. The Morgan fingerprint density at radius 2 is 1.86 bits per heavy atom. The lowest BCUT2D eigenvalue weighted by Crippen LogP contribution is -2.30. The number of hydrogen-bond donors (Lipinski definition) is 2. The summed E-state index contributed by atoms with van der Waals surface area (Å²) in [5.41, 5.74) is 1.54. The van der Waals surface area contributed by atoms with Crippen molar-refractivity contribution in [3.05, 3.63) is 53.0 Å². The molecule has 0 unspecified atom stereocenters. The van der Waals surface area contributed by atoms with Crippen molar-refractivity contribution in [1.82, 2.24) is 15.6 Å². The summed E-state index contributed by atoms with van der Waals surface area (Å²) in [4.78, 5) is 28.3. The van der Waals surface area contributed by atoms with E-state index in [2.05, 4.69) is 15.6 Å². The zero-order chi connectivity index (χ0) is 21.2. The number of oxazole rings is 1. The van der Waals surface area contributed by atoms with Gasteiger partial charge >= 0.3 is 0 Å². The lowest BCUT2D eigenvalue weighted by Gasteiger charge is -2.09. The molecule has 0 spiro atoms. The highest BCUT2D eigenvalue weighted by Crippen LogP contribution is 2.23. The van der Waals surface area contributed by atoms with Crippen LogP contribution in [0.4, 0.5) is 0 Å². The second-order valence-corrected chi connectivity index (χ2v) is 6.04. The molecule has 0 atom stereocenters. The number of hydrogen-bond acceptors (Lipinski definition) is 7. The van der Waals surface area contributed by atoms with Crippen molar-refractivity contribution in [2.24, 2.45) is 0 Å². The van der Waals surface area contributed by atoms with E-state index >= 15 is 0 Å². The third kappa shape index (κ3) is 5.97. The molecule has 8 heteroatoms. The van der Waals surface area contributed by atoms with Crippen LogP contribution in [0.15, 0.2) is 40.4 Å². The van der Waals surface area contributed by atoms with E-state index < -0.39 is 5.91 Å². The number of aldehydes is 1. The number of likely N-dealkylation sites (N-methyl/N-ethyl adjacent to an activating group) is 1. The fraction of sp³-hybridized carbons (Fsp3) is 0.286. The molecule has 1 aromatic heterocycles. The highest BCUT2D eigenvalue weighted by molar-refractivity contribution is 6.01. The van der Waals surface area contributed by atoms with Gasteiger partial charge < -0.3 is 24.5 Å². The summed E-state index contributed by atoms with van der Waals surface area (Å²) in [5, 5.41) is 5.41. The summed E-state index contributed by atoms with van der Waals surface area (Å²) in [7, 11) is 4.68. The van der Waals surface area contributed by atoms with Gasteiger partial charge in [-0.15, -0.1) is 0 Å². The van der Waals surface area contributed by atoms with Crippen molar-refractivity contribution in [2.45, 2.75) is 19.8 Å². The highest BCUT2D eigenvalue weighted by atomic mass is 16.5. The molecular weight excluding hydrogens is 374 g/mol. The largest absolute Gasteiger partial charge is 0.497 e. The number of carbonyl (C=O) groups is 2. The van der Waals surface area contributed by atoms with Crippen LogP contribution in [-0.2, 0) is 16.0 Å². The first-order chi connectivity index (χ1) is 14.0. The van der Waals surface area contributed by atoms with E-state index in [1.807, 2.05) is 6.92 Å². The fourth-order valence-electron chi connectivity index (χ4n) is 2.59. The maximum atomic E-state index is 12.6. The molecule has 0 radical (unpaired) electrons. The molecule has 1 heterocycles. The highest BCUT2D eigenvalue weighted by Gasteiger charge is 2.13. The van der Waals surface area contributed by atoms with Crippen LogP contribution < -0.4 is 20.1 Å². The van der Waals surface area contributed by atoms with Crippen molar-refractivity contribution >= 4 is 24.3 Å². The third-order valence-electron chi connectivity index (χ3n) is 4.03. The van der Waals surface area contributed by atoms with Gasteiger partial charge in [0.15, 0.2) is 12.7 Å². The number of carbonyl (C=O) groups excluding carboxylic acids is 2. The minimum absolute atomic E-state index is 0.0837. The fourth-order valence-corrected chi connectivity index (χ4v) is 2.59. The summed E-state index contributed by atoms with van der Waals surface area (Å²) in [6.45, 7) is 2.02. The van der Waals surface area contributed by atoms with Crippen LogP contribution in [0.1, 0.15) is 30.4 Å². The average molecular weight is 399 g/mol. The number of aryl methyl sites for hydroxylation is 1. The molecule has 1 aromatic carbocycles. The number of ether oxygens (including phenoxy) is 2. The van der Waals surface area contributed by atoms with Gasteiger partial charge in [-0.3, -0.25) is 9.59 Å². The monoisotopic (exact) mass is 399 g/mol. The molecular formula is C21H25N3O5. The van der Waals surface area contributed by atoms with Crippen LogP contribution in [-0.4, -0.2) is 38.4 Å². The topological polar surface area (TPSA) is 103 Å². The molecule has 0 aliphatic rings. The van der Waals surface area contributed by atoms with E-state index in [1.165, 1.54) is 26.7 Å². The molecule has 0 saturated heterocycles. The van der Waals surface area contributed by atoms with Crippen molar-refractivity contribution in [3.63, 3.8) is 0 Å². The maximum absolute atomic E-state index is 12.6. The number of aromatic nitrogens is 1. The predicted molar refractivity (Wildman–Crippen MR) is 109 cm³/mol. The Morgan fingerprint density at radius 3 is 2.41 bits per heavy atom. The van der Waals surface area contributed by atoms with E-state index in [1.54, 1.807) is 31.3 Å². The van der Waals surface area contributed by atoms with Crippen molar-refractivity contribution in [3.8, 4) is 11.5 Å². The van der Waals surface area contributed by atoms with Crippen molar-refractivity contribution in [1.29, 1.82) is 0 Å². The summed E-state index contributed by atoms with van der Waals surface area (Å²) < 4.78 is 15.8. The summed E-state index contributed by atoms with van der Waals surface area (Å²) in [5.74, 6) is 1.35. The standard InChI is InChI=1S/C21H25N3O5/c1-5-6-20-18(23-13-29-20)11-19(22-2)21(26)24-15(12-25)7-14-8-16(27-3)10-17(9-14)28-4/h7-13,22H,5-6H2,1-4H3,(H,24,26)/b15-7-,19-11-. The minimum atomic E-state index is -0.480. The Morgan fingerprint density at radius 1 is 1.17 bits per heavy atom. The Kier molecular flexibility index (Phi) is 8.02. The van der Waals surface area contributed by atoms with Gasteiger partial charge in [-0.2, -0.15) is 0 Å². The number of benzene rings is 1. The summed E-state index contributed by atoms with van der Waals surface area (Å²) in [6.07, 6.45) is 6.62. The van der Waals surface area contributed by atoms with Crippen molar-refractivity contribution in [2.75, 3.05) is 21.3 Å². The van der Waals surface area contributed by atoms with Gasteiger partial charge in [0, 0.05) is 19.5 Å². The lowest BCUT2D eigenvalue weighted by atomic mass is 10.1. The first kappa shape index (κ1) is 21.7. The van der Waals surface area contributed by atoms with Gasteiger partial charge in [-0.25, -0.2) is 4.98 Å². The molecule has 0 saturated carbocycles. The number of methoxy groups -OCH3 is 2. The first-order valence-electron chi connectivity index (χ1n) is 9.07. The van der Waals surface area contributed by atoms with E-state index in [0.717, 1.165) is 6.42 Å². The quantitative estimate of drug-likeness (QED) is 0.467. The Hall–Kier alpha value is -3.55. The molecule has 154 valence electrons. The second-order valence-electron chi connectivity index (χ2n) is 6.04. The normalized spacial score (nSPS) is 11.7. The van der Waals surface area contributed by atoms with Crippen LogP contribution >= 0.6 is 0 Å². The van der Waals surface area contributed by atoms with Crippen LogP contribution in [0.5, 0.6) is 11.5 Å². The molecule has 8 nitrogen and oxygen atoms in total. The smallest absolute Gasteiger partial charge is 0.271 e. The van der Waals surface area contributed by atoms with Gasteiger partial charge in [0.1, 0.15) is 28.7 Å². The Labute approximate surface area is 169 Å². The van der Waals surface area contributed by atoms with Gasteiger partial charge in [0.05, 0.1) is 19.9 Å². The van der Waals surface area contributed by atoms with Gasteiger partial charge in [0.25, 0.3) is 5.91 Å². The molecule has 1 amide bonds. The van der Waals surface area contributed by atoms with Crippen LogP contribution in [0.2, 0.25) is 0 Å². The average Bonchev–Trinajstić information content (AvgIpc) is 3.17. The second kappa shape index (κ2) is 10.7. The zero-order valence-corrected chi connectivity index (χ0v) is 16.9. The Balaban J connectivity index is 2.25. The molecule has 29 heavy (non-hydrogen) atoms. The number of nitrogens with one attached hydrogen (secondary N) is 2. The SMILES string of the molecule is CCCc1ocnc1/C=C(\NC)C(=O)N/C(C=O)=C\c1cc(OC)cc(OC)c1. The molecule has 2 N–H and O–H groups in total. The molecule has 2 aromatic rings. The first-order valence-corrected chi connectivity index (χ1v) is 9.07. The maximum Gasteiger partial charge on any atom is 0.271 e. The van der Waals surface area contributed by atoms with Crippen molar-refractivity contribution < 1.29 is 23.5 Å².